The van der Waals surface area contributed by atoms with Crippen LogP contribution in [0.2, 0.25) is 0 Å². The first kappa shape index (κ1) is 75.5. The minimum absolute atomic E-state index is 0.0378. The van der Waals surface area contributed by atoms with Crippen molar-refractivity contribution in [2.75, 3.05) is 39.3 Å². The van der Waals surface area contributed by atoms with Gasteiger partial charge in [-0.15, -0.1) is 0 Å². The lowest BCUT2D eigenvalue weighted by Gasteiger charge is -2.29. The van der Waals surface area contributed by atoms with Gasteiger partial charge in [0, 0.05) is 13.0 Å². The number of aliphatic hydroxyl groups excluding tert-OH is 2. The van der Waals surface area contributed by atoms with Crippen LogP contribution in [0.5, 0.6) is 0 Å². The molecule has 0 radical (unpaired) electrons. The van der Waals surface area contributed by atoms with E-state index in [1.54, 1.807) is 27.7 Å². The molecule has 1 aliphatic heterocycles. The molecule has 29 nitrogen and oxygen atoms in total. The zero-order chi connectivity index (χ0) is 68.6. The number of aliphatic hydroxyl groups is 2. The van der Waals surface area contributed by atoms with Gasteiger partial charge in [-0.25, -0.2) is 0 Å². The maximum atomic E-state index is 14.5. The normalized spacial score (nSPS) is 21.9. The van der Waals surface area contributed by atoms with Crippen molar-refractivity contribution in [3.8, 4) is 0 Å². The summed E-state index contributed by atoms with van der Waals surface area (Å²) < 4.78 is 0. The fraction of sp³-hybridized carbons (Fsp3) is 0.578. The maximum absolute atomic E-state index is 14.5. The topological polar surface area (TPSA) is 491 Å². The molecule has 11 amide bonds. The van der Waals surface area contributed by atoms with Crippen LogP contribution >= 0.6 is 0 Å². The van der Waals surface area contributed by atoms with Crippen molar-refractivity contribution in [3.63, 3.8) is 0 Å². The fourth-order valence-electron chi connectivity index (χ4n) is 11.2. The Hall–Kier alpha value is -8.19. The van der Waals surface area contributed by atoms with Gasteiger partial charge in [0.25, 0.3) is 0 Å². The van der Waals surface area contributed by atoms with E-state index in [0.29, 0.717) is 12.8 Å². The molecular weight excluding hydrogens is 1200 g/mol. The van der Waals surface area contributed by atoms with Crippen LogP contribution in [0, 0.1) is 11.8 Å². The Balaban J connectivity index is 1.36. The van der Waals surface area contributed by atoms with Crippen molar-refractivity contribution in [1.82, 2.24) is 58.5 Å². The SMILES string of the molecule is CC(C)C[C@@H]1NC(=O)[C@@H](CC(C)C)NC(=O)[C@H](CCN)NC(=O)[C@@H](NC(=O)[C@H](CCN)NC(=O)[C@@H](NC(=O)[C@H](CCN)NC(=O)CCCc2cc3ccc4cccc5ccc(c2)c3c45)[C@@H](C)O)CCNC(=O)[C@H]([C@@H](C)O)NC(=O)[C@H](CCN)NC(=O)[C@H](CCN)NC1=O. The molecule has 4 aromatic rings. The quantitative estimate of drug-likeness (QED) is 0.0263. The highest BCUT2D eigenvalue weighted by molar-refractivity contribution is 6.23. The number of rotatable bonds is 27. The molecule has 5 rings (SSSR count). The molecule has 4 aromatic carbocycles. The second-order valence-corrected chi connectivity index (χ2v) is 24.7. The number of carbonyl (C=O) groups is 11. The summed E-state index contributed by atoms with van der Waals surface area (Å²) in [6.45, 7) is 8.37. The van der Waals surface area contributed by atoms with Crippen molar-refractivity contribution in [1.29, 1.82) is 0 Å². The standard InChI is InChI=1S/C64H98N16O13/c1-33(2)29-48-61(90)74-43(18-24-66)55(84)73-46(21-27-69)60(89)79-53(35(5)81)63(92)70-28-22-47(58(87)72-44(19-25-67)57(86)77-49(30-34(3)4)62(91)78-48)75-56(85)45(20-26-68)76-64(93)54(36(6)82)80-59(88)42(17-23-65)71-50(83)12-7-9-37-31-40-15-13-38-10-8-11-39-14-16-41(32-37)52(40)51(38)39/h8,10-11,13-16,31-36,42-49,53-54,81-82H,7,9,12,17-30,65-69H2,1-6H3,(H,70,92)(H,71,83)(H,72,87)(H,73,84)(H,74,90)(H,75,85)(H,76,93)(H,77,86)(H,78,91)(H,79,89)(H,80,88)/t35-,36-,42+,43+,44+,45+,46+,47+,48+,49-,53+,54+/m1/s1. The van der Waals surface area contributed by atoms with E-state index in [0.717, 1.165) is 27.1 Å². The van der Waals surface area contributed by atoms with Gasteiger partial charge in [-0.05, 0) is 160 Å². The summed E-state index contributed by atoms with van der Waals surface area (Å²) in [5.74, 6) is -10.1. The van der Waals surface area contributed by atoms with Gasteiger partial charge in [0.05, 0.1) is 12.2 Å². The van der Waals surface area contributed by atoms with Gasteiger partial charge >= 0.3 is 0 Å². The molecule has 0 aliphatic carbocycles. The molecule has 23 N–H and O–H groups in total. The van der Waals surface area contributed by atoms with E-state index < -0.39 is 151 Å². The third-order valence-electron chi connectivity index (χ3n) is 16.0. The molecule has 0 unspecified atom stereocenters. The lowest BCUT2D eigenvalue weighted by atomic mass is 9.92. The molecule has 93 heavy (non-hydrogen) atoms. The zero-order valence-electron chi connectivity index (χ0n) is 54.1. The van der Waals surface area contributed by atoms with Gasteiger partial charge in [-0.3, -0.25) is 52.7 Å². The van der Waals surface area contributed by atoms with Crippen molar-refractivity contribution in [2.24, 2.45) is 40.5 Å². The average Bonchev–Trinajstić information content (AvgIpc) is 0.749. The molecule has 29 heteroatoms. The van der Waals surface area contributed by atoms with Crippen LogP contribution in [-0.4, -0.2) is 187 Å². The second kappa shape index (κ2) is 36.9. The number of nitrogens with one attached hydrogen (secondary N) is 11. The van der Waals surface area contributed by atoms with Gasteiger partial charge in [0.15, 0.2) is 0 Å². The lowest BCUT2D eigenvalue weighted by molar-refractivity contribution is -0.137. The minimum atomic E-state index is -1.73. The van der Waals surface area contributed by atoms with Gasteiger partial charge in [0.1, 0.15) is 60.4 Å². The number of aryl methyl sites for hydroxylation is 1. The van der Waals surface area contributed by atoms with Crippen molar-refractivity contribution >= 4 is 97.3 Å². The van der Waals surface area contributed by atoms with Crippen LogP contribution in [0.1, 0.15) is 111 Å². The van der Waals surface area contributed by atoms with E-state index >= 15 is 0 Å². The lowest BCUT2D eigenvalue weighted by Crippen LogP contribution is -2.62. The molecule has 0 spiro atoms. The third kappa shape index (κ3) is 22.2. The Morgan fingerprint density at radius 2 is 0.957 bits per heavy atom. The highest BCUT2D eigenvalue weighted by Gasteiger charge is 2.38. The average molecular weight is 1300 g/mol. The van der Waals surface area contributed by atoms with Crippen molar-refractivity contribution in [3.05, 3.63) is 60.2 Å². The number of amides is 11. The number of nitrogens with two attached hydrogens (primary N) is 5. The Kier molecular flexibility index (Phi) is 30.0. The first-order valence-electron chi connectivity index (χ1n) is 32.1. The molecular formula is C64H98N16O13. The summed E-state index contributed by atoms with van der Waals surface area (Å²) in [6.07, 6.45) is -3.33. The van der Waals surface area contributed by atoms with Crippen molar-refractivity contribution < 1.29 is 63.0 Å². The Morgan fingerprint density at radius 3 is 1.42 bits per heavy atom. The van der Waals surface area contributed by atoms with Crippen LogP contribution in [0.3, 0.4) is 0 Å². The molecule has 0 aromatic heterocycles. The van der Waals surface area contributed by atoms with E-state index in [1.807, 2.05) is 6.07 Å². The predicted molar refractivity (Wildman–Crippen MR) is 351 cm³/mol. The smallest absolute Gasteiger partial charge is 0.245 e. The summed E-state index contributed by atoms with van der Waals surface area (Å²) in [4.78, 5) is 154. The summed E-state index contributed by atoms with van der Waals surface area (Å²) in [7, 11) is 0. The molecule has 1 saturated heterocycles. The van der Waals surface area contributed by atoms with Gasteiger partial charge in [0.2, 0.25) is 65.0 Å². The Bertz CT molecular complexity index is 3150. The van der Waals surface area contributed by atoms with Gasteiger partial charge in [-0.1, -0.05) is 82.3 Å². The van der Waals surface area contributed by atoms with Gasteiger partial charge < -0.3 is 97.4 Å². The van der Waals surface area contributed by atoms with E-state index in [1.165, 1.54) is 24.6 Å². The van der Waals surface area contributed by atoms with Crippen molar-refractivity contribution in [2.45, 2.75) is 185 Å². The fourth-order valence-corrected chi connectivity index (χ4v) is 11.2. The highest BCUT2D eigenvalue weighted by Crippen LogP contribution is 2.35. The van der Waals surface area contributed by atoms with E-state index in [-0.39, 0.29) is 95.9 Å². The van der Waals surface area contributed by atoms with Crippen LogP contribution in [0.15, 0.2) is 54.6 Å². The monoisotopic (exact) mass is 1300 g/mol. The van der Waals surface area contributed by atoms with E-state index in [9.17, 15) is 63.0 Å². The minimum Gasteiger partial charge on any atom is -0.391 e. The molecule has 512 valence electrons. The summed E-state index contributed by atoms with van der Waals surface area (Å²) in [5.41, 5.74) is 30.5. The Labute approximate surface area is 541 Å². The first-order valence-corrected chi connectivity index (χ1v) is 32.1. The zero-order valence-corrected chi connectivity index (χ0v) is 54.1. The molecule has 12 atom stereocenters. The van der Waals surface area contributed by atoms with Crippen LogP contribution in [0.25, 0.3) is 32.3 Å². The summed E-state index contributed by atoms with van der Waals surface area (Å²) >= 11 is 0. The van der Waals surface area contributed by atoms with Crippen LogP contribution in [-0.2, 0) is 59.2 Å². The first-order chi connectivity index (χ1) is 44.2. The molecule has 1 aliphatic rings. The van der Waals surface area contributed by atoms with Gasteiger partial charge in [-0.2, -0.15) is 0 Å². The molecule has 0 bridgehead atoms. The van der Waals surface area contributed by atoms with Crippen LogP contribution in [0.4, 0.5) is 0 Å². The number of hydrogen-bond donors (Lipinski definition) is 18. The summed E-state index contributed by atoms with van der Waals surface area (Å²) in [6, 6.07) is 4.05. The second-order valence-electron chi connectivity index (χ2n) is 24.7. The molecule has 1 fully saturated rings. The van der Waals surface area contributed by atoms with Crippen LogP contribution < -0.4 is 87.2 Å². The van der Waals surface area contributed by atoms with E-state index in [4.69, 9.17) is 28.7 Å². The maximum Gasteiger partial charge on any atom is 0.245 e. The molecule has 0 saturated carbocycles. The third-order valence-corrected chi connectivity index (χ3v) is 16.0. The largest absolute Gasteiger partial charge is 0.391 e. The number of carbonyl (C=O) groups excluding carboxylic acids is 11. The molecule has 1 heterocycles. The highest BCUT2D eigenvalue weighted by atomic mass is 16.3. The summed E-state index contributed by atoms with van der Waals surface area (Å²) in [5, 5.41) is 56.7. The van der Waals surface area contributed by atoms with E-state index in [2.05, 4.69) is 107 Å². The number of hydrogen-bond acceptors (Lipinski definition) is 18. The Morgan fingerprint density at radius 1 is 0.516 bits per heavy atom. The predicted octanol–water partition coefficient (Wildman–Crippen LogP) is -3.13. The number of benzene rings is 4.